The van der Waals surface area contributed by atoms with Crippen LogP contribution in [0.5, 0.6) is 5.75 Å². The molecule has 1 N–H and O–H groups in total. The van der Waals surface area contributed by atoms with E-state index in [1.807, 2.05) is 12.1 Å². The molecule has 1 aliphatic heterocycles. The van der Waals surface area contributed by atoms with Crippen molar-refractivity contribution < 1.29 is 19.4 Å². The van der Waals surface area contributed by atoms with Crippen LogP contribution in [-0.4, -0.2) is 30.9 Å². The van der Waals surface area contributed by atoms with Gasteiger partial charge in [0.2, 0.25) is 0 Å². The number of benzene rings is 1. The number of hydrogen-bond acceptors (Lipinski definition) is 3. The maximum atomic E-state index is 10.3. The van der Waals surface area contributed by atoms with Crippen molar-refractivity contribution in [2.24, 2.45) is 0 Å². The highest BCUT2D eigenvalue weighted by Gasteiger charge is 2.34. The lowest BCUT2D eigenvalue weighted by molar-refractivity contribution is -0.137. The number of ether oxygens (including phenoxy) is 2. The molecule has 1 saturated heterocycles. The second-order valence-electron chi connectivity index (χ2n) is 5.28. The van der Waals surface area contributed by atoms with Crippen molar-refractivity contribution in [3.05, 3.63) is 29.8 Å². The van der Waals surface area contributed by atoms with Gasteiger partial charge in [-0.25, -0.2) is 0 Å². The Morgan fingerprint density at radius 3 is 2.53 bits per heavy atom. The van der Waals surface area contributed by atoms with Crippen LogP contribution in [0.4, 0.5) is 0 Å². The summed E-state index contributed by atoms with van der Waals surface area (Å²) in [5.41, 5.74) is 1.43. The number of rotatable bonds is 7. The zero-order valence-corrected chi connectivity index (χ0v) is 11.2. The average molecular weight is 264 g/mol. The molecule has 1 aromatic rings. The molecule has 2 rings (SSSR count). The van der Waals surface area contributed by atoms with Crippen LogP contribution in [0.2, 0.25) is 0 Å². The first-order valence-electron chi connectivity index (χ1n) is 6.63. The summed E-state index contributed by atoms with van der Waals surface area (Å²) < 4.78 is 10.8. The summed E-state index contributed by atoms with van der Waals surface area (Å²) in [5.74, 6) is 0.0863. The lowest BCUT2D eigenvalue weighted by atomic mass is 9.81. The molecule has 0 saturated carbocycles. The van der Waals surface area contributed by atoms with Gasteiger partial charge in [-0.05, 0) is 30.5 Å². The molecule has 0 spiro atoms. The predicted molar refractivity (Wildman–Crippen MR) is 71.6 cm³/mol. The van der Waals surface area contributed by atoms with Gasteiger partial charge in [0.15, 0.2) is 0 Å². The van der Waals surface area contributed by atoms with Crippen LogP contribution in [0.15, 0.2) is 24.3 Å². The molecule has 0 atom stereocenters. The molecule has 1 heterocycles. The zero-order valence-electron chi connectivity index (χ0n) is 11.2. The minimum absolute atomic E-state index is 0.153. The zero-order chi connectivity index (χ0) is 13.7. The highest BCUT2D eigenvalue weighted by Crippen LogP contribution is 2.32. The smallest absolute Gasteiger partial charge is 0.303 e. The Kier molecular flexibility index (Phi) is 4.43. The van der Waals surface area contributed by atoms with E-state index < -0.39 is 5.97 Å². The normalized spacial score (nSPS) is 16.7. The largest absolute Gasteiger partial charge is 0.494 e. The van der Waals surface area contributed by atoms with E-state index in [1.165, 1.54) is 5.56 Å². The molecule has 0 amide bonds. The maximum absolute atomic E-state index is 10.3. The van der Waals surface area contributed by atoms with E-state index >= 15 is 0 Å². The molecule has 104 valence electrons. The highest BCUT2D eigenvalue weighted by atomic mass is 16.5. The Balaban J connectivity index is 1.74. The summed E-state index contributed by atoms with van der Waals surface area (Å²) in [7, 11) is 0. The van der Waals surface area contributed by atoms with Crippen LogP contribution in [0.3, 0.4) is 0 Å². The molecular formula is C15H20O4. The van der Waals surface area contributed by atoms with Crippen LogP contribution in [0.1, 0.15) is 31.7 Å². The fraction of sp³-hybridized carbons (Fsp3) is 0.533. The predicted octanol–water partition coefficient (Wildman–Crippen LogP) is 2.61. The molecule has 19 heavy (non-hydrogen) atoms. The van der Waals surface area contributed by atoms with E-state index in [-0.39, 0.29) is 11.8 Å². The lowest BCUT2D eigenvalue weighted by Gasteiger charge is -2.38. The topological polar surface area (TPSA) is 55.8 Å². The number of hydrogen-bond donors (Lipinski definition) is 1. The van der Waals surface area contributed by atoms with Crippen molar-refractivity contribution in [3.63, 3.8) is 0 Å². The van der Waals surface area contributed by atoms with Gasteiger partial charge in [-0.1, -0.05) is 19.1 Å². The van der Waals surface area contributed by atoms with E-state index in [1.54, 1.807) is 0 Å². The van der Waals surface area contributed by atoms with E-state index in [0.717, 1.165) is 25.4 Å². The molecule has 1 aromatic carbocycles. The summed E-state index contributed by atoms with van der Waals surface area (Å²) in [6, 6.07) is 8.09. The molecule has 1 fully saturated rings. The Morgan fingerprint density at radius 2 is 2.00 bits per heavy atom. The third kappa shape index (κ3) is 3.70. The molecule has 0 unspecified atom stereocenters. The fourth-order valence-electron chi connectivity index (χ4n) is 2.10. The van der Waals surface area contributed by atoms with Crippen LogP contribution in [0, 0.1) is 0 Å². The Labute approximate surface area is 113 Å². The van der Waals surface area contributed by atoms with Crippen molar-refractivity contribution in [2.75, 3.05) is 19.8 Å². The first-order chi connectivity index (χ1) is 9.10. The Hall–Kier alpha value is -1.55. The van der Waals surface area contributed by atoms with Gasteiger partial charge >= 0.3 is 5.97 Å². The van der Waals surface area contributed by atoms with Crippen molar-refractivity contribution in [1.82, 2.24) is 0 Å². The summed E-state index contributed by atoms with van der Waals surface area (Å²) in [4.78, 5) is 10.3. The van der Waals surface area contributed by atoms with Crippen molar-refractivity contribution in [2.45, 2.75) is 31.6 Å². The molecule has 0 bridgehead atoms. The minimum Gasteiger partial charge on any atom is -0.494 e. The first-order valence-corrected chi connectivity index (χ1v) is 6.63. The van der Waals surface area contributed by atoms with E-state index in [4.69, 9.17) is 14.6 Å². The van der Waals surface area contributed by atoms with E-state index in [2.05, 4.69) is 19.1 Å². The van der Waals surface area contributed by atoms with E-state index in [9.17, 15) is 4.79 Å². The first kappa shape index (κ1) is 13.9. The number of carboxylic acid groups (broad SMARTS) is 1. The highest BCUT2D eigenvalue weighted by molar-refractivity contribution is 5.66. The Morgan fingerprint density at radius 1 is 1.32 bits per heavy atom. The van der Waals surface area contributed by atoms with Crippen LogP contribution < -0.4 is 4.74 Å². The SMILES string of the molecule is CC1(c2ccc(OCCCCC(=O)O)cc2)COC1. The van der Waals surface area contributed by atoms with Gasteiger partial charge < -0.3 is 14.6 Å². The van der Waals surface area contributed by atoms with Crippen molar-refractivity contribution in [3.8, 4) is 5.75 Å². The average Bonchev–Trinajstić information content (AvgIpc) is 2.36. The third-order valence-electron chi connectivity index (χ3n) is 3.45. The molecule has 1 aliphatic rings. The quantitative estimate of drug-likeness (QED) is 0.769. The summed E-state index contributed by atoms with van der Waals surface area (Å²) in [6.45, 7) is 4.32. The number of carboxylic acids is 1. The van der Waals surface area contributed by atoms with Gasteiger partial charge in [0, 0.05) is 11.8 Å². The second-order valence-corrected chi connectivity index (χ2v) is 5.28. The fourth-order valence-corrected chi connectivity index (χ4v) is 2.10. The van der Waals surface area contributed by atoms with Gasteiger partial charge in [-0.15, -0.1) is 0 Å². The van der Waals surface area contributed by atoms with Crippen molar-refractivity contribution >= 4 is 5.97 Å². The van der Waals surface area contributed by atoms with Gasteiger partial charge in [-0.2, -0.15) is 0 Å². The van der Waals surface area contributed by atoms with Gasteiger partial charge in [0.05, 0.1) is 19.8 Å². The van der Waals surface area contributed by atoms with Crippen LogP contribution in [0.25, 0.3) is 0 Å². The minimum atomic E-state index is -0.750. The third-order valence-corrected chi connectivity index (χ3v) is 3.45. The molecule has 0 radical (unpaired) electrons. The van der Waals surface area contributed by atoms with E-state index in [0.29, 0.717) is 13.0 Å². The molecular weight excluding hydrogens is 244 g/mol. The molecule has 4 nitrogen and oxygen atoms in total. The van der Waals surface area contributed by atoms with Crippen LogP contribution in [-0.2, 0) is 14.9 Å². The summed E-state index contributed by atoms with van der Waals surface area (Å²) >= 11 is 0. The lowest BCUT2D eigenvalue weighted by Crippen LogP contribution is -2.43. The molecule has 0 aliphatic carbocycles. The van der Waals surface area contributed by atoms with Gasteiger partial charge in [0.25, 0.3) is 0 Å². The standard InChI is InChI=1S/C15H20O4/c1-15(10-18-11-15)12-5-7-13(8-6-12)19-9-3-2-4-14(16)17/h5-8H,2-4,9-11H2,1H3,(H,16,17). The summed E-state index contributed by atoms with van der Waals surface area (Å²) in [6.07, 6.45) is 1.63. The van der Waals surface area contributed by atoms with Crippen molar-refractivity contribution in [1.29, 1.82) is 0 Å². The monoisotopic (exact) mass is 264 g/mol. The van der Waals surface area contributed by atoms with Gasteiger partial charge in [-0.3, -0.25) is 4.79 Å². The Bertz CT molecular complexity index is 420. The second kappa shape index (κ2) is 6.06. The van der Waals surface area contributed by atoms with Crippen LogP contribution >= 0.6 is 0 Å². The number of unbranched alkanes of at least 4 members (excludes halogenated alkanes) is 1. The number of aliphatic carboxylic acids is 1. The maximum Gasteiger partial charge on any atom is 0.303 e. The molecule has 0 aromatic heterocycles. The van der Waals surface area contributed by atoms with Gasteiger partial charge in [0.1, 0.15) is 5.75 Å². The number of carbonyl (C=O) groups is 1. The molecule has 4 heteroatoms. The summed E-state index contributed by atoms with van der Waals surface area (Å²) in [5, 5.41) is 8.51.